The zero-order chi connectivity index (χ0) is 21.1. The molecule has 0 unspecified atom stereocenters. The third-order valence-corrected chi connectivity index (χ3v) is 6.65. The van der Waals surface area contributed by atoms with Crippen LogP contribution in [0.4, 0.5) is 5.69 Å². The Kier molecular flexibility index (Phi) is 6.73. The second-order valence-electron chi connectivity index (χ2n) is 7.16. The number of benzene rings is 2. The van der Waals surface area contributed by atoms with Gasteiger partial charge in [-0.25, -0.2) is 0 Å². The van der Waals surface area contributed by atoms with E-state index in [-0.39, 0.29) is 11.8 Å². The van der Waals surface area contributed by atoms with E-state index >= 15 is 0 Å². The molecule has 0 bridgehead atoms. The van der Waals surface area contributed by atoms with E-state index in [1.54, 1.807) is 12.1 Å². The summed E-state index contributed by atoms with van der Waals surface area (Å²) in [6.07, 6.45) is 1.53. The molecule has 3 aromatic rings. The topological polar surface area (TPSA) is 71.3 Å². The van der Waals surface area contributed by atoms with Crippen molar-refractivity contribution in [2.24, 2.45) is 5.92 Å². The summed E-state index contributed by atoms with van der Waals surface area (Å²) in [5.41, 5.74) is 1.45. The average Bonchev–Trinajstić information content (AvgIpc) is 3.20. The van der Waals surface area contributed by atoms with Crippen molar-refractivity contribution in [1.29, 1.82) is 0 Å². The molecule has 1 N–H and O–H groups in total. The number of piperidine rings is 1. The van der Waals surface area contributed by atoms with Gasteiger partial charge in [-0.2, -0.15) is 4.98 Å². The Labute approximate surface area is 192 Å². The van der Waals surface area contributed by atoms with Crippen LogP contribution in [-0.2, 0) is 11.3 Å². The molecule has 2 heterocycles. The van der Waals surface area contributed by atoms with Crippen LogP contribution in [0.1, 0.15) is 18.7 Å². The summed E-state index contributed by atoms with van der Waals surface area (Å²) in [4.78, 5) is 19.3. The van der Waals surface area contributed by atoms with Gasteiger partial charge < -0.3 is 9.84 Å². The van der Waals surface area contributed by atoms with Crippen molar-refractivity contribution in [3.05, 3.63) is 62.9 Å². The Bertz CT molecular complexity index is 1050. The fourth-order valence-corrected chi connectivity index (χ4v) is 4.08. The first-order valence-corrected chi connectivity index (χ1v) is 11.1. The summed E-state index contributed by atoms with van der Waals surface area (Å²) in [6, 6.07) is 12.8. The van der Waals surface area contributed by atoms with Gasteiger partial charge in [0, 0.05) is 21.6 Å². The average molecular weight is 510 g/mol. The molecule has 4 rings (SSSR count). The lowest BCUT2D eigenvalue weighted by molar-refractivity contribution is -0.121. The number of anilines is 1. The first-order valence-electron chi connectivity index (χ1n) is 9.55. The van der Waals surface area contributed by atoms with E-state index in [0.29, 0.717) is 34.0 Å². The van der Waals surface area contributed by atoms with Crippen molar-refractivity contribution in [3.63, 3.8) is 0 Å². The number of carbonyl (C=O) groups excluding carboxylic acids is 1. The fraction of sp³-hybridized carbons (Fsp3) is 0.286. The Morgan fingerprint density at radius 1 is 1.17 bits per heavy atom. The number of rotatable bonds is 5. The zero-order valence-corrected chi connectivity index (χ0v) is 19.0. The molecule has 0 radical (unpaired) electrons. The molecule has 0 aliphatic carbocycles. The maximum Gasteiger partial charge on any atom is 0.241 e. The minimum absolute atomic E-state index is 0.0202. The van der Waals surface area contributed by atoms with Crippen molar-refractivity contribution in [2.45, 2.75) is 19.4 Å². The molecule has 1 aliphatic rings. The minimum Gasteiger partial charge on any atom is -0.338 e. The Morgan fingerprint density at radius 3 is 2.67 bits per heavy atom. The first-order chi connectivity index (χ1) is 14.5. The molecule has 1 aliphatic heterocycles. The predicted molar refractivity (Wildman–Crippen MR) is 121 cm³/mol. The lowest BCUT2D eigenvalue weighted by Crippen LogP contribution is -2.37. The van der Waals surface area contributed by atoms with Crippen LogP contribution in [0.2, 0.25) is 10.0 Å². The largest absolute Gasteiger partial charge is 0.338 e. The van der Waals surface area contributed by atoms with Crippen molar-refractivity contribution in [2.75, 3.05) is 18.4 Å². The summed E-state index contributed by atoms with van der Waals surface area (Å²) in [5, 5.41) is 8.15. The second-order valence-corrected chi connectivity index (χ2v) is 8.83. The molecule has 2 aromatic carbocycles. The maximum absolute atomic E-state index is 12.6. The quantitative estimate of drug-likeness (QED) is 0.480. The number of likely N-dealkylation sites (tertiary alicyclic amines) is 1. The number of carbonyl (C=O) groups is 1. The van der Waals surface area contributed by atoms with Gasteiger partial charge in [-0.3, -0.25) is 9.69 Å². The van der Waals surface area contributed by atoms with E-state index in [4.69, 9.17) is 27.7 Å². The molecule has 0 spiro atoms. The van der Waals surface area contributed by atoms with Crippen molar-refractivity contribution >= 4 is 50.7 Å². The van der Waals surface area contributed by atoms with Crippen LogP contribution in [0.25, 0.3) is 11.4 Å². The van der Waals surface area contributed by atoms with Gasteiger partial charge in [-0.05, 0) is 72.2 Å². The monoisotopic (exact) mass is 508 g/mol. The van der Waals surface area contributed by atoms with Crippen molar-refractivity contribution < 1.29 is 9.32 Å². The van der Waals surface area contributed by atoms with E-state index in [9.17, 15) is 4.79 Å². The van der Waals surface area contributed by atoms with Crippen LogP contribution in [0, 0.1) is 5.92 Å². The number of hydrogen-bond donors (Lipinski definition) is 1. The van der Waals surface area contributed by atoms with E-state index in [2.05, 4.69) is 36.3 Å². The highest BCUT2D eigenvalue weighted by Crippen LogP contribution is 2.28. The first kappa shape index (κ1) is 21.3. The smallest absolute Gasteiger partial charge is 0.241 e. The van der Waals surface area contributed by atoms with Gasteiger partial charge in [0.2, 0.25) is 17.6 Å². The molecule has 0 atom stereocenters. The molecule has 6 nitrogen and oxygen atoms in total. The molecule has 1 fully saturated rings. The van der Waals surface area contributed by atoms with Gasteiger partial charge in [0.1, 0.15) is 0 Å². The molecule has 1 aromatic heterocycles. The minimum atomic E-state index is -0.0370. The van der Waals surface area contributed by atoms with Crippen LogP contribution in [-0.4, -0.2) is 34.0 Å². The summed E-state index contributed by atoms with van der Waals surface area (Å²) in [6.45, 7) is 2.11. The number of amides is 1. The van der Waals surface area contributed by atoms with Crippen LogP contribution >= 0.6 is 39.1 Å². The zero-order valence-electron chi connectivity index (χ0n) is 15.9. The molecular weight excluding hydrogens is 491 g/mol. The molecule has 156 valence electrons. The molecule has 1 saturated heterocycles. The van der Waals surface area contributed by atoms with E-state index < -0.39 is 0 Å². The standard InChI is InChI=1S/C21H19BrCl2N4O2/c22-16-6-5-14(11-18(16)24)25-21(29)13-7-9-28(10-8-13)12-19-26-20(27-30-19)15-3-1-2-4-17(15)23/h1-6,11,13H,7-10,12H2,(H,25,29). The van der Waals surface area contributed by atoms with Gasteiger partial charge in [0.25, 0.3) is 0 Å². The number of nitrogens with zero attached hydrogens (tertiary/aromatic N) is 3. The van der Waals surface area contributed by atoms with E-state index in [1.165, 1.54) is 0 Å². The third-order valence-electron chi connectivity index (χ3n) is 5.09. The fourth-order valence-electron chi connectivity index (χ4n) is 3.43. The number of hydrogen-bond acceptors (Lipinski definition) is 5. The maximum atomic E-state index is 12.6. The Morgan fingerprint density at radius 2 is 1.93 bits per heavy atom. The Balaban J connectivity index is 1.30. The summed E-state index contributed by atoms with van der Waals surface area (Å²) in [7, 11) is 0. The van der Waals surface area contributed by atoms with Crippen molar-refractivity contribution in [1.82, 2.24) is 15.0 Å². The number of aromatic nitrogens is 2. The number of nitrogens with one attached hydrogen (secondary N) is 1. The highest BCUT2D eigenvalue weighted by molar-refractivity contribution is 9.10. The lowest BCUT2D eigenvalue weighted by atomic mass is 9.96. The van der Waals surface area contributed by atoms with E-state index in [0.717, 1.165) is 36.0 Å². The summed E-state index contributed by atoms with van der Waals surface area (Å²) in [5.74, 6) is 1.01. The van der Waals surface area contributed by atoms with E-state index in [1.807, 2.05) is 30.3 Å². The van der Waals surface area contributed by atoms with Crippen LogP contribution in [0.15, 0.2) is 51.5 Å². The van der Waals surface area contributed by atoms with Crippen LogP contribution in [0.5, 0.6) is 0 Å². The van der Waals surface area contributed by atoms with Crippen molar-refractivity contribution in [3.8, 4) is 11.4 Å². The molecule has 9 heteroatoms. The Hall–Kier alpha value is -1.93. The summed E-state index contributed by atoms with van der Waals surface area (Å²) >= 11 is 15.6. The predicted octanol–water partition coefficient (Wildman–Crippen LogP) is 5.66. The number of halogens is 3. The van der Waals surface area contributed by atoms with Crippen LogP contribution in [0.3, 0.4) is 0 Å². The van der Waals surface area contributed by atoms with Crippen LogP contribution < -0.4 is 5.32 Å². The molecular formula is C21H19BrCl2N4O2. The highest BCUT2D eigenvalue weighted by Gasteiger charge is 2.26. The molecule has 1 amide bonds. The summed E-state index contributed by atoms with van der Waals surface area (Å²) < 4.78 is 6.19. The van der Waals surface area contributed by atoms with Gasteiger partial charge >= 0.3 is 0 Å². The lowest BCUT2D eigenvalue weighted by Gasteiger charge is -2.30. The van der Waals surface area contributed by atoms with Gasteiger partial charge in [-0.1, -0.05) is 40.5 Å². The van der Waals surface area contributed by atoms with Gasteiger partial charge in [0.05, 0.1) is 16.6 Å². The van der Waals surface area contributed by atoms with Gasteiger partial charge in [-0.15, -0.1) is 0 Å². The SMILES string of the molecule is O=C(Nc1ccc(Br)c(Cl)c1)C1CCN(Cc2nc(-c3ccccc3Cl)no2)CC1. The molecule has 0 saturated carbocycles. The molecule has 30 heavy (non-hydrogen) atoms. The van der Waals surface area contributed by atoms with Gasteiger partial charge in [0.15, 0.2) is 0 Å². The second kappa shape index (κ2) is 9.47. The third kappa shape index (κ3) is 5.03. The normalized spacial score (nSPS) is 15.3. The highest BCUT2D eigenvalue weighted by atomic mass is 79.9.